The SMILES string of the molecule is O=Cc1cnc(N2CC(Cl)CC2=O)s1. The molecule has 1 fully saturated rings. The molecule has 1 aromatic rings. The van der Waals surface area contributed by atoms with Crippen molar-refractivity contribution in [2.24, 2.45) is 0 Å². The van der Waals surface area contributed by atoms with Crippen LogP contribution in [0.3, 0.4) is 0 Å². The average molecular weight is 231 g/mol. The number of amides is 1. The summed E-state index contributed by atoms with van der Waals surface area (Å²) in [6.45, 7) is 0.478. The van der Waals surface area contributed by atoms with Crippen LogP contribution in [0.4, 0.5) is 5.13 Å². The first-order valence-corrected chi connectivity index (χ1v) is 5.31. The van der Waals surface area contributed by atoms with E-state index in [1.807, 2.05) is 0 Å². The molecule has 0 saturated carbocycles. The molecular weight excluding hydrogens is 224 g/mol. The van der Waals surface area contributed by atoms with Gasteiger partial charge in [-0.25, -0.2) is 4.98 Å². The maximum atomic E-state index is 11.4. The smallest absolute Gasteiger partial charge is 0.230 e. The molecule has 0 bridgehead atoms. The average Bonchev–Trinajstić information content (AvgIpc) is 2.71. The van der Waals surface area contributed by atoms with Crippen LogP contribution < -0.4 is 4.90 Å². The van der Waals surface area contributed by atoms with Gasteiger partial charge in [0.25, 0.3) is 0 Å². The highest BCUT2D eigenvalue weighted by Crippen LogP contribution is 2.27. The van der Waals surface area contributed by atoms with Gasteiger partial charge < -0.3 is 0 Å². The lowest BCUT2D eigenvalue weighted by atomic mass is 10.4. The number of alkyl halides is 1. The monoisotopic (exact) mass is 230 g/mol. The number of rotatable bonds is 2. The zero-order valence-corrected chi connectivity index (χ0v) is 8.72. The van der Waals surface area contributed by atoms with E-state index in [0.717, 1.165) is 6.29 Å². The zero-order chi connectivity index (χ0) is 10.1. The van der Waals surface area contributed by atoms with E-state index in [2.05, 4.69) is 4.98 Å². The summed E-state index contributed by atoms with van der Waals surface area (Å²) >= 11 is 7.04. The maximum absolute atomic E-state index is 11.4. The molecule has 74 valence electrons. The van der Waals surface area contributed by atoms with Crippen LogP contribution in [0, 0.1) is 0 Å². The van der Waals surface area contributed by atoms with Crippen LogP contribution in [-0.4, -0.2) is 29.1 Å². The number of nitrogens with zero attached hydrogens (tertiary/aromatic N) is 2. The number of aromatic nitrogens is 1. The lowest BCUT2D eigenvalue weighted by Crippen LogP contribution is -2.24. The van der Waals surface area contributed by atoms with Gasteiger partial charge in [0.2, 0.25) is 5.91 Å². The molecule has 6 heteroatoms. The Morgan fingerprint density at radius 2 is 2.50 bits per heavy atom. The van der Waals surface area contributed by atoms with Crippen LogP contribution in [0.1, 0.15) is 16.1 Å². The molecule has 0 aliphatic carbocycles. The largest absolute Gasteiger partial charge is 0.297 e. The summed E-state index contributed by atoms with van der Waals surface area (Å²) in [5.41, 5.74) is 0. The highest BCUT2D eigenvalue weighted by Gasteiger charge is 2.30. The van der Waals surface area contributed by atoms with E-state index in [1.54, 1.807) is 0 Å². The Balaban J connectivity index is 2.22. The summed E-state index contributed by atoms with van der Waals surface area (Å²) in [4.78, 5) is 27.9. The van der Waals surface area contributed by atoms with Gasteiger partial charge >= 0.3 is 0 Å². The predicted molar refractivity (Wildman–Crippen MR) is 54.1 cm³/mol. The first-order valence-electron chi connectivity index (χ1n) is 4.06. The first-order chi connectivity index (χ1) is 6.70. The fraction of sp³-hybridized carbons (Fsp3) is 0.375. The quantitative estimate of drug-likeness (QED) is 0.569. The Labute approximate surface area is 89.5 Å². The number of hydrogen-bond donors (Lipinski definition) is 0. The van der Waals surface area contributed by atoms with Crippen molar-refractivity contribution in [3.8, 4) is 0 Å². The lowest BCUT2D eigenvalue weighted by molar-refractivity contribution is -0.117. The minimum atomic E-state index is -0.147. The number of thiazole rings is 1. The van der Waals surface area contributed by atoms with Crippen molar-refractivity contribution in [1.82, 2.24) is 4.98 Å². The molecule has 2 heterocycles. The van der Waals surface area contributed by atoms with E-state index in [4.69, 9.17) is 11.6 Å². The van der Waals surface area contributed by atoms with Crippen LogP contribution >= 0.6 is 22.9 Å². The summed E-state index contributed by atoms with van der Waals surface area (Å²) in [7, 11) is 0. The topological polar surface area (TPSA) is 50.3 Å². The van der Waals surface area contributed by atoms with Crippen molar-refractivity contribution in [1.29, 1.82) is 0 Å². The van der Waals surface area contributed by atoms with Gasteiger partial charge in [0.1, 0.15) is 0 Å². The third-order valence-electron chi connectivity index (χ3n) is 1.94. The van der Waals surface area contributed by atoms with Crippen molar-refractivity contribution in [3.63, 3.8) is 0 Å². The van der Waals surface area contributed by atoms with Gasteiger partial charge in [0.15, 0.2) is 11.4 Å². The molecule has 0 aromatic carbocycles. The number of halogens is 1. The molecule has 1 saturated heterocycles. The molecule has 2 rings (SSSR count). The van der Waals surface area contributed by atoms with E-state index in [-0.39, 0.29) is 11.3 Å². The molecule has 1 aromatic heterocycles. The molecule has 0 N–H and O–H groups in total. The molecule has 0 radical (unpaired) electrons. The normalized spacial score (nSPS) is 21.6. The summed E-state index contributed by atoms with van der Waals surface area (Å²) in [5.74, 6) is -0.0307. The highest BCUT2D eigenvalue weighted by molar-refractivity contribution is 7.17. The van der Waals surface area contributed by atoms with Gasteiger partial charge in [0, 0.05) is 13.0 Å². The second-order valence-electron chi connectivity index (χ2n) is 2.97. The third-order valence-corrected chi connectivity index (χ3v) is 3.17. The zero-order valence-electron chi connectivity index (χ0n) is 7.14. The molecular formula is C8H7ClN2O2S. The van der Waals surface area contributed by atoms with E-state index in [0.29, 0.717) is 23.0 Å². The summed E-state index contributed by atoms with van der Waals surface area (Å²) in [6, 6.07) is 0. The molecule has 0 spiro atoms. The van der Waals surface area contributed by atoms with Crippen LogP contribution in [0.2, 0.25) is 0 Å². The molecule has 1 unspecified atom stereocenters. The van der Waals surface area contributed by atoms with Crippen molar-refractivity contribution in [3.05, 3.63) is 11.1 Å². The van der Waals surface area contributed by atoms with Crippen LogP contribution in [-0.2, 0) is 4.79 Å². The predicted octanol–water partition coefficient (Wildman–Crippen LogP) is 1.30. The second kappa shape index (κ2) is 3.67. The minimum Gasteiger partial charge on any atom is -0.297 e. The van der Waals surface area contributed by atoms with Gasteiger partial charge in [-0.3, -0.25) is 14.5 Å². The number of anilines is 1. The van der Waals surface area contributed by atoms with Crippen molar-refractivity contribution < 1.29 is 9.59 Å². The van der Waals surface area contributed by atoms with Crippen LogP contribution in [0.5, 0.6) is 0 Å². The van der Waals surface area contributed by atoms with Crippen molar-refractivity contribution >= 4 is 40.3 Å². The number of carbonyl (C=O) groups is 2. The molecule has 1 aliphatic rings. The van der Waals surface area contributed by atoms with E-state index in [1.165, 1.54) is 22.4 Å². The Morgan fingerprint density at radius 3 is 3.00 bits per heavy atom. The Kier molecular flexibility index (Phi) is 2.52. The van der Waals surface area contributed by atoms with E-state index < -0.39 is 0 Å². The molecule has 4 nitrogen and oxygen atoms in total. The summed E-state index contributed by atoms with van der Waals surface area (Å²) < 4.78 is 0. The first kappa shape index (κ1) is 9.61. The van der Waals surface area contributed by atoms with Crippen LogP contribution in [0.15, 0.2) is 6.20 Å². The van der Waals surface area contributed by atoms with Gasteiger partial charge in [0.05, 0.1) is 16.5 Å². The molecule has 1 aliphatic heterocycles. The summed E-state index contributed by atoms with van der Waals surface area (Å²) in [5, 5.41) is 0.409. The number of hydrogen-bond acceptors (Lipinski definition) is 4. The van der Waals surface area contributed by atoms with Gasteiger partial charge in [-0.1, -0.05) is 11.3 Å². The second-order valence-corrected chi connectivity index (χ2v) is 4.63. The maximum Gasteiger partial charge on any atom is 0.230 e. The molecule has 1 amide bonds. The molecule has 14 heavy (non-hydrogen) atoms. The standard InChI is InChI=1S/C8H7ClN2O2S/c9-5-1-7(13)11(3-5)8-10-2-6(4-12)14-8/h2,4-5H,1,3H2. The van der Waals surface area contributed by atoms with Gasteiger partial charge in [-0.15, -0.1) is 11.6 Å². The Morgan fingerprint density at radius 1 is 1.71 bits per heavy atom. The van der Waals surface area contributed by atoms with Crippen molar-refractivity contribution in [2.45, 2.75) is 11.8 Å². The van der Waals surface area contributed by atoms with E-state index >= 15 is 0 Å². The Hall–Kier alpha value is -0.940. The summed E-state index contributed by atoms with van der Waals surface area (Å²) in [6.07, 6.45) is 2.53. The number of aldehydes is 1. The minimum absolute atomic E-state index is 0.0307. The fourth-order valence-corrected chi connectivity index (χ4v) is 2.33. The van der Waals surface area contributed by atoms with Gasteiger partial charge in [-0.2, -0.15) is 0 Å². The van der Waals surface area contributed by atoms with E-state index in [9.17, 15) is 9.59 Å². The van der Waals surface area contributed by atoms with Crippen LogP contribution in [0.25, 0.3) is 0 Å². The fourth-order valence-electron chi connectivity index (χ4n) is 1.31. The molecule has 1 atom stereocenters. The number of carbonyl (C=O) groups excluding carboxylic acids is 2. The lowest BCUT2D eigenvalue weighted by Gasteiger charge is -2.10. The third kappa shape index (κ3) is 1.65. The Bertz CT molecular complexity index is 379. The van der Waals surface area contributed by atoms with Crippen molar-refractivity contribution in [2.75, 3.05) is 11.4 Å². The highest BCUT2D eigenvalue weighted by atomic mass is 35.5. The van der Waals surface area contributed by atoms with Gasteiger partial charge in [-0.05, 0) is 0 Å².